The second-order valence-corrected chi connectivity index (χ2v) is 8.23. The molecule has 7 nitrogen and oxygen atoms in total. The minimum atomic E-state index is -0.930. The standard InChI is InChI=1S/C24H27FN4O3/c1-15(2)11-20(27-21(30)13-16-7-6-9-18(25)12-16)23(31)28-22-19-10-5-4-8-17(19)14-26-29(3)24(22)32/h4-10,12,14-15,20,22H,11,13H2,1-3H3,(H,27,30)(H,28,31)/t20-,22?/m0/s1. The van der Waals surface area contributed by atoms with Crippen molar-refractivity contribution in [3.8, 4) is 0 Å². The first-order valence-corrected chi connectivity index (χ1v) is 10.5. The Kier molecular flexibility index (Phi) is 7.35. The molecule has 1 aliphatic heterocycles. The first-order chi connectivity index (χ1) is 15.2. The summed E-state index contributed by atoms with van der Waals surface area (Å²) in [5.74, 6) is -1.56. The Morgan fingerprint density at radius 3 is 2.62 bits per heavy atom. The summed E-state index contributed by atoms with van der Waals surface area (Å²) in [4.78, 5) is 38.6. The van der Waals surface area contributed by atoms with E-state index in [0.717, 1.165) is 5.56 Å². The van der Waals surface area contributed by atoms with Gasteiger partial charge in [-0.05, 0) is 35.6 Å². The lowest BCUT2D eigenvalue weighted by Crippen LogP contribution is -2.50. The van der Waals surface area contributed by atoms with Crippen molar-refractivity contribution in [1.82, 2.24) is 15.6 Å². The maximum atomic E-state index is 13.4. The van der Waals surface area contributed by atoms with Gasteiger partial charge in [-0.1, -0.05) is 50.2 Å². The highest BCUT2D eigenvalue weighted by Gasteiger charge is 2.32. The minimum Gasteiger partial charge on any atom is -0.344 e. The molecule has 0 saturated carbocycles. The molecule has 3 rings (SSSR count). The average Bonchev–Trinajstić information content (AvgIpc) is 2.85. The summed E-state index contributed by atoms with van der Waals surface area (Å²) >= 11 is 0. The van der Waals surface area contributed by atoms with E-state index in [0.29, 0.717) is 17.5 Å². The molecule has 2 N–H and O–H groups in total. The number of nitrogens with one attached hydrogen (secondary N) is 2. The topological polar surface area (TPSA) is 90.9 Å². The summed E-state index contributed by atoms with van der Waals surface area (Å²) in [5, 5.41) is 10.8. The molecule has 0 bridgehead atoms. The second kappa shape index (κ2) is 10.2. The van der Waals surface area contributed by atoms with Crippen LogP contribution in [0.1, 0.15) is 43.0 Å². The van der Waals surface area contributed by atoms with Crippen LogP contribution in [0.25, 0.3) is 0 Å². The molecular formula is C24H27FN4O3. The van der Waals surface area contributed by atoms with E-state index in [1.807, 2.05) is 26.0 Å². The van der Waals surface area contributed by atoms with Crippen LogP contribution < -0.4 is 10.6 Å². The average molecular weight is 439 g/mol. The number of fused-ring (bicyclic) bond motifs is 1. The zero-order valence-electron chi connectivity index (χ0n) is 18.3. The molecule has 1 aliphatic rings. The van der Waals surface area contributed by atoms with Crippen LogP contribution in [0, 0.1) is 11.7 Å². The van der Waals surface area contributed by atoms with E-state index in [2.05, 4.69) is 15.7 Å². The third kappa shape index (κ3) is 5.78. The number of carbonyl (C=O) groups excluding carboxylic acids is 3. The van der Waals surface area contributed by atoms with Crippen LogP contribution in [0.3, 0.4) is 0 Å². The van der Waals surface area contributed by atoms with Gasteiger partial charge in [-0.15, -0.1) is 0 Å². The third-order valence-corrected chi connectivity index (χ3v) is 5.14. The number of likely N-dealkylation sites (N-methyl/N-ethyl adjacent to an activating group) is 1. The number of amides is 3. The van der Waals surface area contributed by atoms with Crippen molar-refractivity contribution in [3.63, 3.8) is 0 Å². The molecule has 0 aromatic heterocycles. The molecule has 0 spiro atoms. The Labute approximate surface area is 186 Å². The van der Waals surface area contributed by atoms with Gasteiger partial charge in [0, 0.05) is 12.6 Å². The van der Waals surface area contributed by atoms with Gasteiger partial charge in [-0.25, -0.2) is 9.40 Å². The van der Waals surface area contributed by atoms with Gasteiger partial charge >= 0.3 is 0 Å². The van der Waals surface area contributed by atoms with Gasteiger partial charge in [-0.2, -0.15) is 5.10 Å². The van der Waals surface area contributed by atoms with E-state index in [1.165, 1.54) is 30.3 Å². The van der Waals surface area contributed by atoms with Crippen molar-refractivity contribution in [2.45, 2.75) is 38.8 Å². The summed E-state index contributed by atoms with van der Waals surface area (Å²) in [6, 6.07) is 11.2. The molecule has 0 aliphatic carbocycles. The van der Waals surface area contributed by atoms with Crippen LogP contribution in [-0.2, 0) is 20.8 Å². The Morgan fingerprint density at radius 2 is 1.91 bits per heavy atom. The van der Waals surface area contributed by atoms with Crippen molar-refractivity contribution in [2.24, 2.45) is 11.0 Å². The zero-order valence-corrected chi connectivity index (χ0v) is 18.3. The summed E-state index contributed by atoms with van der Waals surface area (Å²) in [6.07, 6.45) is 1.91. The van der Waals surface area contributed by atoms with Gasteiger partial charge in [-0.3, -0.25) is 14.4 Å². The molecule has 168 valence electrons. The maximum Gasteiger partial charge on any atom is 0.269 e. The van der Waals surface area contributed by atoms with E-state index >= 15 is 0 Å². The molecule has 2 aromatic rings. The number of benzene rings is 2. The Hall–Kier alpha value is -3.55. The number of halogens is 1. The van der Waals surface area contributed by atoms with Gasteiger partial charge in [0.1, 0.15) is 17.9 Å². The van der Waals surface area contributed by atoms with Crippen molar-refractivity contribution < 1.29 is 18.8 Å². The van der Waals surface area contributed by atoms with Crippen molar-refractivity contribution in [3.05, 3.63) is 71.0 Å². The smallest absolute Gasteiger partial charge is 0.269 e. The lowest BCUT2D eigenvalue weighted by atomic mass is 9.98. The molecule has 0 fully saturated rings. The molecular weight excluding hydrogens is 411 g/mol. The molecule has 1 unspecified atom stereocenters. The van der Waals surface area contributed by atoms with E-state index < -0.39 is 29.7 Å². The van der Waals surface area contributed by atoms with Crippen LogP contribution in [0.5, 0.6) is 0 Å². The monoisotopic (exact) mass is 438 g/mol. The Balaban J connectivity index is 1.77. The van der Waals surface area contributed by atoms with E-state index in [4.69, 9.17) is 0 Å². The van der Waals surface area contributed by atoms with Gasteiger partial charge in [0.15, 0.2) is 0 Å². The van der Waals surface area contributed by atoms with Crippen LogP contribution in [-0.4, -0.2) is 42.0 Å². The third-order valence-electron chi connectivity index (χ3n) is 5.14. The summed E-state index contributed by atoms with van der Waals surface area (Å²) in [5.41, 5.74) is 1.87. The first-order valence-electron chi connectivity index (χ1n) is 10.5. The van der Waals surface area contributed by atoms with Crippen molar-refractivity contribution in [1.29, 1.82) is 0 Å². The highest BCUT2D eigenvalue weighted by molar-refractivity contribution is 5.96. The van der Waals surface area contributed by atoms with E-state index in [1.54, 1.807) is 24.4 Å². The molecule has 0 saturated heterocycles. The summed E-state index contributed by atoms with van der Waals surface area (Å²) in [6.45, 7) is 3.87. The van der Waals surface area contributed by atoms with Crippen LogP contribution in [0.15, 0.2) is 53.6 Å². The fourth-order valence-corrected chi connectivity index (χ4v) is 3.58. The number of nitrogens with zero attached hydrogens (tertiary/aromatic N) is 2. The molecule has 2 atom stereocenters. The largest absolute Gasteiger partial charge is 0.344 e. The molecule has 32 heavy (non-hydrogen) atoms. The lowest BCUT2D eigenvalue weighted by Gasteiger charge is -2.25. The van der Waals surface area contributed by atoms with Crippen molar-refractivity contribution in [2.75, 3.05) is 7.05 Å². The Morgan fingerprint density at radius 1 is 1.16 bits per heavy atom. The molecule has 0 radical (unpaired) electrons. The maximum absolute atomic E-state index is 13.4. The number of hydrazone groups is 1. The van der Waals surface area contributed by atoms with Gasteiger partial charge in [0.05, 0.1) is 12.6 Å². The molecule has 2 aromatic carbocycles. The molecule has 1 heterocycles. The van der Waals surface area contributed by atoms with Crippen LogP contribution >= 0.6 is 0 Å². The number of hydrogen-bond acceptors (Lipinski definition) is 4. The minimum absolute atomic E-state index is 0.0542. The highest BCUT2D eigenvalue weighted by Crippen LogP contribution is 2.22. The van der Waals surface area contributed by atoms with E-state index in [-0.39, 0.29) is 18.2 Å². The van der Waals surface area contributed by atoms with Crippen molar-refractivity contribution >= 4 is 23.9 Å². The normalized spacial score (nSPS) is 16.3. The first kappa shape index (κ1) is 23.1. The van der Waals surface area contributed by atoms with Gasteiger partial charge < -0.3 is 10.6 Å². The van der Waals surface area contributed by atoms with Gasteiger partial charge in [0.25, 0.3) is 5.91 Å². The predicted molar refractivity (Wildman–Crippen MR) is 119 cm³/mol. The number of carbonyl (C=O) groups is 3. The van der Waals surface area contributed by atoms with Gasteiger partial charge in [0.2, 0.25) is 11.8 Å². The second-order valence-electron chi connectivity index (χ2n) is 8.23. The molecule has 3 amide bonds. The zero-order chi connectivity index (χ0) is 23.3. The SMILES string of the molecule is CC(C)C[C@H](NC(=O)Cc1cccc(F)c1)C(=O)NC1C(=O)N(C)N=Cc2ccccc21. The van der Waals surface area contributed by atoms with Crippen LogP contribution in [0.2, 0.25) is 0 Å². The highest BCUT2D eigenvalue weighted by atomic mass is 19.1. The Bertz CT molecular complexity index is 1040. The number of hydrogen-bond donors (Lipinski definition) is 2. The fraction of sp³-hybridized carbons (Fsp3) is 0.333. The lowest BCUT2D eigenvalue weighted by molar-refractivity contribution is -0.136. The number of rotatable bonds is 7. The predicted octanol–water partition coefficient (Wildman–Crippen LogP) is 2.56. The van der Waals surface area contributed by atoms with Crippen LogP contribution in [0.4, 0.5) is 4.39 Å². The fourth-order valence-electron chi connectivity index (χ4n) is 3.58. The van der Waals surface area contributed by atoms with E-state index in [9.17, 15) is 18.8 Å². The quantitative estimate of drug-likeness (QED) is 0.696. The summed E-state index contributed by atoms with van der Waals surface area (Å²) in [7, 11) is 1.52. The molecule has 8 heteroatoms. The summed E-state index contributed by atoms with van der Waals surface area (Å²) < 4.78 is 13.4.